The molecular formula is C12H14N2O16SZn3. The van der Waals surface area contributed by atoms with Gasteiger partial charge in [-0.15, -0.1) is 0 Å². The Hall–Kier alpha value is -1.52. The summed E-state index contributed by atoms with van der Waals surface area (Å²) in [6.07, 6.45) is -5.43. The maximum atomic E-state index is 10.1. The SMILES string of the molecule is NS(N)(=O)=O.O=C([O-])CC(O)(CC(=O)[O-])C(=O)[O-].O=C([O-])CC(O)(CC(=O)[O-])C(=O)[O-].[Zn+2].[Zn+2].[Zn+2]. The van der Waals surface area contributed by atoms with Gasteiger partial charge in [-0.1, -0.05) is 0 Å². The summed E-state index contributed by atoms with van der Waals surface area (Å²) in [7, 11) is -3.67. The molecule has 180 valence electrons. The summed E-state index contributed by atoms with van der Waals surface area (Å²) in [5, 5.41) is 86.1. The molecule has 0 fully saturated rings. The van der Waals surface area contributed by atoms with Gasteiger partial charge in [0.05, 0.1) is 11.9 Å². The van der Waals surface area contributed by atoms with Crippen LogP contribution in [0.1, 0.15) is 25.7 Å². The molecule has 0 saturated carbocycles. The van der Waals surface area contributed by atoms with Gasteiger partial charge in [-0.2, -0.15) is 8.42 Å². The average molecular weight is 670 g/mol. The van der Waals surface area contributed by atoms with E-state index < -0.39 is 82.9 Å². The van der Waals surface area contributed by atoms with E-state index in [2.05, 4.69) is 10.3 Å². The van der Waals surface area contributed by atoms with Gasteiger partial charge in [-0.25, -0.2) is 10.3 Å². The molecule has 18 nitrogen and oxygen atoms in total. The molecule has 0 radical (unpaired) electrons. The van der Waals surface area contributed by atoms with E-state index in [1.807, 2.05) is 0 Å². The molecule has 0 aromatic rings. The predicted octanol–water partition coefficient (Wildman–Crippen LogP) is -12.4. The van der Waals surface area contributed by atoms with Crippen molar-refractivity contribution in [3.05, 3.63) is 0 Å². The van der Waals surface area contributed by atoms with Crippen molar-refractivity contribution in [2.45, 2.75) is 36.9 Å². The molecule has 0 saturated heterocycles. The van der Waals surface area contributed by atoms with Crippen LogP contribution in [0.3, 0.4) is 0 Å². The van der Waals surface area contributed by atoms with Gasteiger partial charge in [0.1, 0.15) is 11.2 Å². The molecule has 22 heteroatoms. The number of carbonyl (C=O) groups excluding carboxylic acids is 6. The third kappa shape index (κ3) is 28.5. The van der Waals surface area contributed by atoms with E-state index in [4.69, 9.17) is 10.2 Å². The maximum absolute atomic E-state index is 10.1. The molecule has 0 aliphatic rings. The van der Waals surface area contributed by atoms with Crippen molar-refractivity contribution in [3.63, 3.8) is 0 Å². The smallest absolute Gasteiger partial charge is 0.550 e. The van der Waals surface area contributed by atoms with Gasteiger partial charge < -0.3 is 69.6 Å². The second-order valence-electron chi connectivity index (χ2n) is 5.42. The average Bonchev–Trinajstić information content (AvgIpc) is 2.41. The van der Waals surface area contributed by atoms with Gasteiger partial charge >= 0.3 is 58.4 Å². The number of carboxylic acids is 6. The Morgan fingerprint density at radius 3 is 0.735 bits per heavy atom. The van der Waals surface area contributed by atoms with Crippen molar-refractivity contribution in [2.24, 2.45) is 10.3 Å². The molecule has 0 aromatic carbocycles. The number of carbonyl (C=O) groups is 6. The second kappa shape index (κ2) is 19.8. The van der Waals surface area contributed by atoms with Crippen LogP contribution in [0.2, 0.25) is 0 Å². The number of aliphatic carboxylic acids is 6. The summed E-state index contributed by atoms with van der Waals surface area (Å²) < 4.78 is 18.4. The third-order valence-corrected chi connectivity index (χ3v) is 2.51. The summed E-state index contributed by atoms with van der Waals surface area (Å²) in [5.41, 5.74) is -5.95. The molecule has 6 N–H and O–H groups in total. The van der Waals surface area contributed by atoms with Gasteiger partial charge in [-0.3, -0.25) is 0 Å². The van der Waals surface area contributed by atoms with E-state index in [9.17, 15) is 67.8 Å². The van der Waals surface area contributed by atoms with Crippen molar-refractivity contribution in [2.75, 3.05) is 0 Å². The first-order valence-electron chi connectivity index (χ1n) is 7.03. The maximum Gasteiger partial charge on any atom is 2.00 e. The number of carboxylic acid groups (broad SMARTS) is 6. The fourth-order valence-corrected chi connectivity index (χ4v) is 1.37. The van der Waals surface area contributed by atoms with Crippen LogP contribution in [0.15, 0.2) is 0 Å². The largest absolute Gasteiger partial charge is 2.00 e. The topological polar surface area (TPSA) is 367 Å². The Labute approximate surface area is 228 Å². The number of nitrogens with two attached hydrogens (primary N) is 2. The summed E-state index contributed by atoms with van der Waals surface area (Å²) >= 11 is 0. The van der Waals surface area contributed by atoms with Gasteiger partial charge in [0, 0.05) is 49.6 Å². The van der Waals surface area contributed by atoms with Crippen molar-refractivity contribution in [3.8, 4) is 0 Å². The van der Waals surface area contributed by atoms with Crippen LogP contribution in [-0.4, -0.2) is 65.6 Å². The molecule has 0 heterocycles. The zero-order valence-corrected chi connectivity index (χ0v) is 26.8. The quantitative estimate of drug-likeness (QED) is 0.157. The molecule has 0 aromatic heterocycles. The van der Waals surface area contributed by atoms with Crippen LogP contribution in [0.4, 0.5) is 0 Å². The van der Waals surface area contributed by atoms with E-state index in [1.165, 1.54) is 0 Å². The van der Waals surface area contributed by atoms with Crippen LogP contribution in [0, 0.1) is 0 Å². The van der Waals surface area contributed by atoms with Crippen molar-refractivity contribution < 1.29 is 136 Å². The van der Waals surface area contributed by atoms with E-state index in [0.29, 0.717) is 0 Å². The Kier molecular flexibility index (Phi) is 26.7. The zero-order chi connectivity index (χ0) is 25.8. The molecule has 0 atom stereocenters. The Balaban J connectivity index is -0.0000000897. The molecule has 0 bridgehead atoms. The molecule has 0 spiro atoms. The zero-order valence-electron chi connectivity index (χ0n) is 17.1. The first-order chi connectivity index (χ1) is 13.6. The first-order valence-corrected chi connectivity index (χ1v) is 8.64. The third-order valence-electron chi connectivity index (χ3n) is 2.51. The minimum Gasteiger partial charge on any atom is -0.550 e. The minimum absolute atomic E-state index is 0. The van der Waals surface area contributed by atoms with E-state index in [-0.39, 0.29) is 58.4 Å². The number of rotatable bonds is 10. The van der Waals surface area contributed by atoms with Gasteiger partial charge in [0.15, 0.2) is 0 Å². The molecule has 0 aliphatic heterocycles. The number of hydrogen-bond donors (Lipinski definition) is 4. The van der Waals surface area contributed by atoms with Crippen molar-refractivity contribution in [1.29, 1.82) is 0 Å². The van der Waals surface area contributed by atoms with Gasteiger partial charge in [-0.05, 0) is 0 Å². The van der Waals surface area contributed by atoms with Crippen LogP contribution >= 0.6 is 0 Å². The molecule has 0 aliphatic carbocycles. The van der Waals surface area contributed by atoms with E-state index in [0.717, 1.165) is 0 Å². The second-order valence-corrected chi connectivity index (χ2v) is 6.60. The Bertz CT molecular complexity index is 726. The monoisotopic (exact) mass is 666 g/mol. The number of hydrogen-bond acceptors (Lipinski definition) is 16. The van der Waals surface area contributed by atoms with Crippen LogP contribution in [0.25, 0.3) is 0 Å². The summed E-state index contributed by atoms with van der Waals surface area (Å²) in [6.45, 7) is 0. The fourth-order valence-electron chi connectivity index (χ4n) is 1.37. The summed E-state index contributed by atoms with van der Waals surface area (Å²) in [4.78, 5) is 60.0. The Morgan fingerprint density at radius 2 is 0.676 bits per heavy atom. The normalized spacial score (nSPS) is 10.0. The van der Waals surface area contributed by atoms with Crippen LogP contribution in [-0.2, 0) is 97.4 Å². The summed E-state index contributed by atoms with van der Waals surface area (Å²) in [5.74, 6) is -12.0. The van der Waals surface area contributed by atoms with Crippen molar-refractivity contribution in [1.82, 2.24) is 0 Å². The number of aliphatic hydroxyl groups is 2. The molecule has 0 amide bonds. The predicted molar refractivity (Wildman–Crippen MR) is 75.7 cm³/mol. The molecular weight excluding hydrogens is 656 g/mol. The summed E-state index contributed by atoms with van der Waals surface area (Å²) in [6, 6.07) is 0. The fraction of sp³-hybridized carbons (Fsp3) is 0.500. The van der Waals surface area contributed by atoms with Gasteiger partial charge in [0.2, 0.25) is 0 Å². The van der Waals surface area contributed by atoms with Crippen LogP contribution in [0.5, 0.6) is 0 Å². The standard InChI is InChI=1S/2C6H8O7.H4N2O2S.3Zn/c2*7-3(8)1-6(13,5(11)12)2-4(9)10;1-5(2,3)4;;;/h2*13H,1-2H2,(H,7,8)(H,9,10)(H,11,12);(H4,1,2,3,4);;;/q;;;3*+2/p-6. The van der Waals surface area contributed by atoms with Crippen molar-refractivity contribution >= 4 is 46.0 Å². The Morgan fingerprint density at radius 1 is 0.559 bits per heavy atom. The van der Waals surface area contributed by atoms with Crippen LogP contribution < -0.4 is 40.9 Å². The molecule has 0 unspecified atom stereocenters. The van der Waals surface area contributed by atoms with Gasteiger partial charge in [0.25, 0.3) is 10.2 Å². The first kappa shape index (κ1) is 45.9. The molecule has 0 rings (SSSR count). The van der Waals surface area contributed by atoms with E-state index >= 15 is 0 Å². The molecule has 34 heavy (non-hydrogen) atoms. The minimum atomic E-state index is -3.67. The van der Waals surface area contributed by atoms with E-state index in [1.54, 1.807) is 0 Å².